The van der Waals surface area contributed by atoms with Crippen LogP contribution in [0.25, 0.3) is 0 Å². The average Bonchev–Trinajstić information content (AvgIpc) is 2.59. The van der Waals surface area contributed by atoms with Gasteiger partial charge >= 0.3 is 5.97 Å². The summed E-state index contributed by atoms with van der Waals surface area (Å²) in [6.07, 6.45) is 1.42. The SMILES string of the molecule is CCC(NC(=O)C1CCCN(S(=O)(=O)Cc2ccccc2)C1)C(=O)O. The summed E-state index contributed by atoms with van der Waals surface area (Å²) < 4.78 is 26.6. The van der Waals surface area contributed by atoms with E-state index in [-0.39, 0.29) is 18.7 Å². The summed E-state index contributed by atoms with van der Waals surface area (Å²) in [5, 5.41) is 11.5. The molecule has 1 aromatic rings. The second-order valence-electron chi connectivity index (χ2n) is 6.25. The number of hydrogen-bond acceptors (Lipinski definition) is 4. The van der Waals surface area contributed by atoms with Crippen LogP contribution in [0.3, 0.4) is 0 Å². The van der Waals surface area contributed by atoms with Crippen molar-refractivity contribution in [2.45, 2.75) is 38.0 Å². The van der Waals surface area contributed by atoms with Crippen LogP contribution in [-0.4, -0.2) is 48.8 Å². The average molecular weight is 368 g/mol. The number of piperidine rings is 1. The van der Waals surface area contributed by atoms with Crippen molar-refractivity contribution in [2.24, 2.45) is 5.92 Å². The van der Waals surface area contributed by atoms with Crippen molar-refractivity contribution in [1.29, 1.82) is 0 Å². The zero-order valence-electron chi connectivity index (χ0n) is 14.2. The Morgan fingerprint density at radius 1 is 1.32 bits per heavy atom. The fourth-order valence-electron chi connectivity index (χ4n) is 2.91. The number of carboxylic acid groups (broad SMARTS) is 1. The van der Waals surface area contributed by atoms with Crippen LogP contribution in [0.15, 0.2) is 30.3 Å². The first-order chi connectivity index (χ1) is 11.8. The summed E-state index contributed by atoms with van der Waals surface area (Å²) in [6.45, 7) is 2.16. The number of carbonyl (C=O) groups excluding carboxylic acids is 1. The third kappa shape index (κ3) is 5.27. The molecule has 1 aliphatic rings. The molecule has 1 heterocycles. The number of carbonyl (C=O) groups is 2. The lowest BCUT2D eigenvalue weighted by Crippen LogP contribution is -2.49. The fourth-order valence-corrected chi connectivity index (χ4v) is 4.52. The molecule has 0 saturated carbocycles. The summed E-state index contributed by atoms with van der Waals surface area (Å²) in [5.74, 6) is -2.10. The molecule has 2 rings (SSSR count). The van der Waals surface area contributed by atoms with Crippen LogP contribution < -0.4 is 5.32 Å². The minimum Gasteiger partial charge on any atom is -0.480 e. The van der Waals surface area contributed by atoms with E-state index in [9.17, 15) is 18.0 Å². The van der Waals surface area contributed by atoms with Crippen molar-refractivity contribution in [3.63, 3.8) is 0 Å². The molecule has 2 N–H and O–H groups in total. The second kappa shape index (κ2) is 8.44. The third-order valence-corrected chi connectivity index (χ3v) is 6.18. The van der Waals surface area contributed by atoms with Crippen molar-refractivity contribution in [2.75, 3.05) is 13.1 Å². The summed E-state index contributed by atoms with van der Waals surface area (Å²) in [4.78, 5) is 23.4. The Morgan fingerprint density at radius 3 is 2.60 bits per heavy atom. The number of nitrogens with zero attached hydrogens (tertiary/aromatic N) is 1. The number of nitrogens with one attached hydrogen (secondary N) is 1. The smallest absolute Gasteiger partial charge is 0.326 e. The van der Waals surface area contributed by atoms with Gasteiger partial charge in [-0.25, -0.2) is 17.5 Å². The summed E-state index contributed by atoms with van der Waals surface area (Å²) in [6, 6.07) is 7.96. The zero-order valence-corrected chi connectivity index (χ0v) is 15.0. The van der Waals surface area contributed by atoms with Crippen LogP contribution in [0.2, 0.25) is 0 Å². The molecule has 2 unspecified atom stereocenters. The highest BCUT2D eigenvalue weighted by atomic mass is 32.2. The highest BCUT2D eigenvalue weighted by Gasteiger charge is 2.33. The molecular formula is C17H24N2O5S. The number of carboxylic acids is 1. The molecule has 138 valence electrons. The molecular weight excluding hydrogens is 344 g/mol. The molecule has 1 amide bonds. The predicted molar refractivity (Wildman–Crippen MR) is 93.2 cm³/mol. The van der Waals surface area contributed by atoms with E-state index in [0.29, 0.717) is 24.9 Å². The molecule has 2 atom stereocenters. The van der Waals surface area contributed by atoms with Gasteiger partial charge in [0.2, 0.25) is 15.9 Å². The lowest BCUT2D eigenvalue weighted by molar-refractivity contribution is -0.142. The van der Waals surface area contributed by atoms with Crippen LogP contribution in [0.1, 0.15) is 31.7 Å². The van der Waals surface area contributed by atoms with E-state index in [4.69, 9.17) is 5.11 Å². The first kappa shape index (κ1) is 19.4. The Morgan fingerprint density at radius 2 is 2.00 bits per heavy atom. The Hall–Kier alpha value is -1.93. The van der Waals surface area contributed by atoms with Crippen molar-refractivity contribution in [3.8, 4) is 0 Å². The molecule has 25 heavy (non-hydrogen) atoms. The molecule has 1 fully saturated rings. The second-order valence-corrected chi connectivity index (χ2v) is 8.22. The lowest BCUT2D eigenvalue weighted by Gasteiger charge is -2.31. The number of amides is 1. The largest absolute Gasteiger partial charge is 0.480 e. The first-order valence-electron chi connectivity index (χ1n) is 8.38. The highest BCUT2D eigenvalue weighted by Crippen LogP contribution is 2.22. The fraction of sp³-hybridized carbons (Fsp3) is 0.529. The Kier molecular flexibility index (Phi) is 6.55. The van der Waals surface area contributed by atoms with E-state index >= 15 is 0 Å². The van der Waals surface area contributed by atoms with Crippen LogP contribution in [0, 0.1) is 5.92 Å². The Bertz CT molecular complexity index is 705. The topological polar surface area (TPSA) is 104 Å². The van der Waals surface area contributed by atoms with Gasteiger partial charge in [0, 0.05) is 13.1 Å². The van der Waals surface area contributed by atoms with Crippen LogP contribution in [0.5, 0.6) is 0 Å². The van der Waals surface area contributed by atoms with Crippen LogP contribution in [-0.2, 0) is 25.4 Å². The van der Waals surface area contributed by atoms with Crippen molar-refractivity contribution >= 4 is 21.9 Å². The number of sulfonamides is 1. The van der Waals surface area contributed by atoms with Crippen LogP contribution in [0.4, 0.5) is 0 Å². The number of benzene rings is 1. The minimum atomic E-state index is -3.52. The molecule has 1 aromatic carbocycles. The molecule has 0 aliphatic carbocycles. The monoisotopic (exact) mass is 368 g/mol. The van der Waals surface area contributed by atoms with Gasteiger partial charge in [-0.1, -0.05) is 37.3 Å². The molecule has 1 saturated heterocycles. The van der Waals surface area contributed by atoms with Gasteiger partial charge in [0.05, 0.1) is 11.7 Å². The summed E-state index contributed by atoms with van der Waals surface area (Å²) >= 11 is 0. The van der Waals surface area contributed by atoms with Gasteiger partial charge in [-0.05, 0) is 24.8 Å². The normalized spacial score (nSPS) is 20.0. The first-order valence-corrected chi connectivity index (χ1v) is 9.99. The summed E-state index contributed by atoms with van der Waals surface area (Å²) in [5.41, 5.74) is 0.700. The van der Waals surface area contributed by atoms with E-state index < -0.39 is 33.9 Å². The van der Waals surface area contributed by atoms with Gasteiger partial charge in [0.25, 0.3) is 0 Å². The van der Waals surface area contributed by atoms with E-state index in [2.05, 4.69) is 5.32 Å². The molecule has 0 bridgehead atoms. The van der Waals surface area contributed by atoms with Gasteiger partial charge in [-0.3, -0.25) is 4.79 Å². The van der Waals surface area contributed by atoms with Gasteiger partial charge in [0.1, 0.15) is 6.04 Å². The quantitative estimate of drug-likeness (QED) is 0.753. The van der Waals surface area contributed by atoms with Crippen LogP contribution >= 0.6 is 0 Å². The van der Waals surface area contributed by atoms with E-state index in [1.807, 2.05) is 6.07 Å². The number of aliphatic carboxylic acids is 1. The standard InChI is InChI=1S/C17H24N2O5S/c1-2-15(17(21)22)18-16(20)14-9-6-10-19(11-14)25(23,24)12-13-7-4-3-5-8-13/h3-5,7-8,14-15H,2,6,9-12H2,1H3,(H,18,20)(H,21,22). The minimum absolute atomic E-state index is 0.0943. The highest BCUT2D eigenvalue weighted by molar-refractivity contribution is 7.88. The summed E-state index contributed by atoms with van der Waals surface area (Å²) in [7, 11) is -3.52. The molecule has 1 aliphatic heterocycles. The molecule has 0 spiro atoms. The van der Waals surface area contributed by atoms with Gasteiger partial charge in [0.15, 0.2) is 0 Å². The third-order valence-electron chi connectivity index (χ3n) is 4.36. The predicted octanol–water partition coefficient (Wildman–Crippen LogP) is 1.21. The van der Waals surface area contributed by atoms with E-state index in [0.717, 1.165) is 0 Å². The number of rotatable bonds is 7. The van der Waals surface area contributed by atoms with E-state index in [1.54, 1.807) is 31.2 Å². The Labute approximate surface area is 148 Å². The van der Waals surface area contributed by atoms with Gasteiger partial charge < -0.3 is 10.4 Å². The van der Waals surface area contributed by atoms with Crippen molar-refractivity contribution in [1.82, 2.24) is 9.62 Å². The van der Waals surface area contributed by atoms with Crippen molar-refractivity contribution in [3.05, 3.63) is 35.9 Å². The Balaban J connectivity index is 2.02. The van der Waals surface area contributed by atoms with Gasteiger partial charge in [-0.15, -0.1) is 0 Å². The lowest BCUT2D eigenvalue weighted by atomic mass is 9.98. The van der Waals surface area contributed by atoms with E-state index in [1.165, 1.54) is 4.31 Å². The molecule has 8 heteroatoms. The molecule has 7 nitrogen and oxygen atoms in total. The van der Waals surface area contributed by atoms with Crippen molar-refractivity contribution < 1.29 is 23.1 Å². The maximum absolute atomic E-state index is 12.6. The van der Waals surface area contributed by atoms with Gasteiger partial charge in [-0.2, -0.15) is 0 Å². The number of hydrogen-bond donors (Lipinski definition) is 2. The molecule has 0 radical (unpaired) electrons. The molecule has 0 aromatic heterocycles. The maximum atomic E-state index is 12.6. The zero-order chi connectivity index (χ0) is 18.4. The maximum Gasteiger partial charge on any atom is 0.326 e.